The van der Waals surface area contributed by atoms with Gasteiger partial charge in [0, 0.05) is 23.3 Å². The molecule has 4 aromatic rings. The van der Waals surface area contributed by atoms with Crippen LogP contribution in [0, 0.1) is 0 Å². The second kappa shape index (κ2) is 8.75. The van der Waals surface area contributed by atoms with Crippen molar-refractivity contribution in [3.63, 3.8) is 0 Å². The van der Waals surface area contributed by atoms with Gasteiger partial charge in [-0.1, -0.05) is 69.0 Å². The van der Waals surface area contributed by atoms with Gasteiger partial charge in [-0.05, 0) is 53.1 Å². The number of nitrogens with zero attached hydrogens (tertiary/aromatic N) is 2. The van der Waals surface area contributed by atoms with Crippen molar-refractivity contribution in [2.45, 2.75) is 19.8 Å². The minimum Gasteiger partial charge on any atom is -0.362 e. The average Bonchev–Trinajstić information content (AvgIpc) is 2.79. The third-order valence-electron chi connectivity index (χ3n) is 5.24. The number of aryl methyl sites for hydroxylation is 1. The highest BCUT2D eigenvalue weighted by Gasteiger charge is 2.11. The zero-order chi connectivity index (χ0) is 20.9. The van der Waals surface area contributed by atoms with E-state index < -0.39 is 0 Å². The Labute approximate surface area is 177 Å². The molecule has 0 aliphatic rings. The SMILES string of the molecule is C=CNc1cc(-c2ccc(-c3ccc(CCC)cc3)cc2C=C)nc2ccncc12. The predicted octanol–water partition coefficient (Wildman–Crippen LogP) is 7.11. The maximum atomic E-state index is 4.87. The summed E-state index contributed by atoms with van der Waals surface area (Å²) in [5, 5.41) is 4.17. The van der Waals surface area contributed by atoms with E-state index in [0.29, 0.717) is 0 Å². The molecule has 2 heterocycles. The molecule has 2 aromatic heterocycles. The highest BCUT2D eigenvalue weighted by Crippen LogP contribution is 2.33. The Bertz CT molecular complexity index is 1210. The van der Waals surface area contributed by atoms with Crippen LogP contribution in [-0.2, 0) is 6.42 Å². The number of anilines is 1. The summed E-state index contributed by atoms with van der Waals surface area (Å²) < 4.78 is 0. The Kier molecular flexibility index (Phi) is 5.71. The summed E-state index contributed by atoms with van der Waals surface area (Å²) in [7, 11) is 0. The zero-order valence-electron chi connectivity index (χ0n) is 17.2. The molecular formula is C27H25N3. The van der Waals surface area contributed by atoms with E-state index in [1.54, 1.807) is 12.4 Å². The molecule has 0 aliphatic heterocycles. The van der Waals surface area contributed by atoms with E-state index >= 15 is 0 Å². The summed E-state index contributed by atoms with van der Waals surface area (Å²) >= 11 is 0. The first-order valence-electron chi connectivity index (χ1n) is 10.2. The molecule has 0 atom stereocenters. The zero-order valence-corrected chi connectivity index (χ0v) is 17.2. The van der Waals surface area contributed by atoms with Gasteiger partial charge in [0.25, 0.3) is 0 Å². The van der Waals surface area contributed by atoms with Gasteiger partial charge in [-0.15, -0.1) is 0 Å². The van der Waals surface area contributed by atoms with E-state index in [4.69, 9.17) is 4.98 Å². The van der Waals surface area contributed by atoms with Crippen LogP contribution in [0.15, 0.2) is 86.3 Å². The van der Waals surface area contributed by atoms with Gasteiger partial charge >= 0.3 is 0 Å². The summed E-state index contributed by atoms with van der Waals surface area (Å²) in [6.07, 6.45) is 9.41. The van der Waals surface area contributed by atoms with Crippen LogP contribution >= 0.6 is 0 Å². The van der Waals surface area contributed by atoms with Gasteiger partial charge in [0.1, 0.15) is 0 Å². The van der Waals surface area contributed by atoms with E-state index in [9.17, 15) is 0 Å². The maximum absolute atomic E-state index is 4.87. The smallest absolute Gasteiger partial charge is 0.0761 e. The lowest BCUT2D eigenvalue weighted by Gasteiger charge is -2.13. The fourth-order valence-electron chi connectivity index (χ4n) is 3.73. The lowest BCUT2D eigenvalue weighted by atomic mass is 9.96. The van der Waals surface area contributed by atoms with Crippen molar-refractivity contribution >= 4 is 22.7 Å². The molecule has 2 aromatic carbocycles. The van der Waals surface area contributed by atoms with E-state index in [1.165, 1.54) is 16.7 Å². The van der Waals surface area contributed by atoms with E-state index in [2.05, 4.69) is 72.8 Å². The molecule has 0 amide bonds. The van der Waals surface area contributed by atoms with Crippen LogP contribution in [-0.4, -0.2) is 9.97 Å². The number of aromatic nitrogens is 2. The molecule has 0 radical (unpaired) electrons. The van der Waals surface area contributed by atoms with Crippen LogP contribution in [0.2, 0.25) is 0 Å². The summed E-state index contributed by atoms with van der Waals surface area (Å²) in [4.78, 5) is 9.09. The molecule has 4 rings (SSSR count). The van der Waals surface area contributed by atoms with E-state index in [0.717, 1.165) is 46.3 Å². The lowest BCUT2D eigenvalue weighted by Crippen LogP contribution is -1.95. The minimum atomic E-state index is 0.887. The number of hydrogen-bond donors (Lipinski definition) is 1. The van der Waals surface area contributed by atoms with Crippen LogP contribution in [0.5, 0.6) is 0 Å². The highest BCUT2D eigenvalue weighted by molar-refractivity contribution is 5.94. The summed E-state index contributed by atoms with van der Waals surface area (Å²) in [6, 6.07) is 19.2. The number of fused-ring (bicyclic) bond motifs is 1. The second-order valence-corrected chi connectivity index (χ2v) is 7.25. The van der Waals surface area contributed by atoms with Crippen LogP contribution < -0.4 is 5.32 Å². The van der Waals surface area contributed by atoms with Gasteiger partial charge in [0.05, 0.1) is 16.9 Å². The molecule has 0 saturated heterocycles. The molecular weight excluding hydrogens is 366 g/mol. The highest BCUT2D eigenvalue weighted by atomic mass is 14.9. The number of benzene rings is 2. The van der Waals surface area contributed by atoms with Crippen molar-refractivity contribution in [2.24, 2.45) is 0 Å². The van der Waals surface area contributed by atoms with Crippen molar-refractivity contribution in [1.82, 2.24) is 9.97 Å². The Hall–Kier alpha value is -3.72. The van der Waals surface area contributed by atoms with Crippen LogP contribution in [0.1, 0.15) is 24.5 Å². The van der Waals surface area contributed by atoms with Crippen LogP contribution in [0.25, 0.3) is 39.4 Å². The largest absolute Gasteiger partial charge is 0.362 e. The molecule has 148 valence electrons. The molecule has 0 fully saturated rings. The van der Waals surface area contributed by atoms with Crippen molar-refractivity contribution in [3.8, 4) is 22.4 Å². The summed E-state index contributed by atoms with van der Waals surface area (Å²) in [5.41, 5.74) is 8.55. The number of pyridine rings is 2. The van der Waals surface area contributed by atoms with Crippen molar-refractivity contribution in [1.29, 1.82) is 0 Å². The third kappa shape index (κ3) is 3.87. The molecule has 0 bridgehead atoms. The normalized spacial score (nSPS) is 10.7. The van der Waals surface area contributed by atoms with Crippen molar-refractivity contribution < 1.29 is 0 Å². The van der Waals surface area contributed by atoms with Crippen molar-refractivity contribution in [3.05, 3.63) is 97.5 Å². The monoisotopic (exact) mass is 391 g/mol. The number of rotatable bonds is 7. The van der Waals surface area contributed by atoms with Crippen LogP contribution in [0.3, 0.4) is 0 Å². The molecule has 3 heteroatoms. The Morgan fingerprint density at radius 1 is 0.967 bits per heavy atom. The second-order valence-electron chi connectivity index (χ2n) is 7.25. The molecule has 0 aliphatic carbocycles. The molecule has 1 N–H and O–H groups in total. The summed E-state index contributed by atoms with van der Waals surface area (Å²) in [5.74, 6) is 0. The summed E-state index contributed by atoms with van der Waals surface area (Å²) in [6.45, 7) is 10.0. The van der Waals surface area contributed by atoms with Crippen LogP contribution in [0.4, 0.5) is 5.69 Å². The van der Waals surface area contributed by atoms with Gasteiger partial charge in [-0.25, -0.2) is 4.98 Å². The quantitative estimate of drug-likeness (QED) is 0.364. The third-order valence-corrected chi connectivity index (χ3v) is 5.24. The standard InChI is InChI=1S/C27H25N3/c1-4-7-19-8-10-21(11-9-19)22-12-13-23(20(5-2)16-22)27-17-26(29-6-3)24-18-28-15-14-25(24)30-27/h5-6,8-18H,2-4,7H2,1H3,(H,29,30). The topological polar surface area (TPSA) is 37.8 Å². The van der Waals surface area contributed by atoms with E-state index in [1.807, 2.05) is 24.4 Å². The van der Waals surface area contributed by atoms with E-state index in [-0.39, 0.29) is 0 Å². The fourth-order valence-corrected chi connectivity index (χ4v) is 3.73. The Morgan fingerprint density at radius 3 is 2.50 bits per heavy atom. The molecule has 0 saturated carbocycles. The van der Waals surface area contributed by atoms with Gasteiger partial charge in [0.15, 0.2) is 0 Å². The Morgan fingerprint density at radius 2 is 1.77 bits per heavy atom. The molecule has 0 spiro atoms. The minimum absolute atomic E-state index is 0.887. The first-order chi connectivity index (χ1) is 14.7. The fraction of sp³-hybridized carbons (Fsp3) is 0.111. The lowest BCUT2D eigenvalue weighted by molar-refractivity contribution is 0.922. The number of hydrogen-bond acceptors (Lipinski definition) is 3. The molecule has 3 nitrogen and oxygen atoms in total. The Balaban J connectivity index is 1.78. The van der Waals surface area contributed by atoms with Gasteiger partial charge < -0.3 is 5.32 Å². The maximum Gasteiger partial charge on any atom is 0.0761 e. The van der Waals surface area contributed by atoms with Gasteiger partial charge in [-0.3, -0.25) is 4.98 Å². The number of nitrogens with one attached hydrogen (secondary N) is 1. The predicted molar refractivity (Wildman–Crippen MR) is 128 cm³/mol. The molecule has 30 heavy (non-hydrogen) atoms. The first kappa shape index (κ1) is 19.6. The first-order valence-corrected chi connectivity index (χ1v) is 10.2. The average molecular weight is 392 g/mol. The van der Waals surface area contributed by atoms with Crippen molar-refractivity contribution in [2.75, 3.05) is 5.32 Å². The molecule has 0 unspecified atom stereocenters. The van der Waals surface area contributed by atoms with Gasteiger partial charge in [0.2, 0.25) is 0 Å². The van der Waals surface area contributed by atoms with Gasteiger partial charge in [-0.2, -0.15) is 0 Å².